The number of aromatic carboxylic acids is 1. The van der Waals surface area contributed by atoms with Crippen LogP contribution in [0, 0.1) is 11.3 Å². The first kappa shape index (κ1) is 9.92. The molecular formula is C9H6N4O3. The topological polar surface area (TPSA) is 105 Å². The van der Waals surface area contributed by atoms with Crippen molar-refractivity contribution in [2.24, 2.45) is 0 Å². The summed E-state index contributed by atoms with van der Waals surface area (Å²) >= 11 is 0. The summed E-state index contributed by atoms with van der Waals surface area (Å²) in [6.45, 7) is 0.238. The molecule has 1 N–H and O–H groups in total. The fourth-order valence-electron chi connectivity index (χ4n) is 1.16. The highest BCUT2D eigenvalue weighted by Gasteiger charge is 2.09. The Morgan fingerprint density at radius 1 is 1.62 bits per heavy atom. The molecule has 0 unspecified atom stereocenters. The van der Waals surface area contributed by atoms with Gasteiger partial charge in [0.25, 0.3) is 5.82 Å². The highest BCUT2D eigenvalue weighted by Crippen LogP contribution is 2.08. The number of carboxylic acids is 1. The van der Waals surface area contributed by atoms with Gasteiger partial charge in [-0.05, 0) is 12.1 Å². The van der Waals surface area contributed by atoms with Crippen molar-refractivity contribution in [3.8, 4) is 6.07 Å². The molecule has 80 valence electrons. The molecule has 0 atom stereocenters. The number of nitriles is 1. The predicted octanol–water partition coefficient (Wildman–Crippen LogP) is 0.489. The summed E-state index contributed by atoms with van der Waals surface area (Å²) in [6.07, 6.45) is 1.38. The Morgan fingerprint density at radius 2 is 2.44 bits per heavy atom. The summed E-state index contributed by atoms with van der Waals surface area (Å²) < 4.78 is 6.41. The fourth-order valence-corrected chi connectivity index (χ4v) is 1.16. The van der Waals surface area contributed by atoms with Crippen LogP contribution in [0.1, 0.15) is 22.1 Å². The number of nitrogens with zero attached hydrogens (tertiary/aromatic N) is 4. The maximum Gasteiger partial charge on any atom is 0.371 e. The van der Waals surface area contributed by atoms with E-state index in [0.29, 0.717) is 5.76 Å². The van der Waals surface area contributed by atoms with Gasteiger partial charge in [-0.15, -0.1) is 5.10 Å². The third kappa shape index (κ3) is 1.90. The van der Waals surface area contributed by atoms with Gasteiger partial charge < -0.3 is 9.52 Å². The molecule has 0 bridgehead atoms. The Balaban J connectivity index is 2.14. The van der Waals surface area contributed by atoms with Crippen LogP contribution in [-0.2, 0) is 6.54 Å². The van der Waals surface area contributed by atoms with E-state index in [2.05, 4.69) is 10.1 Å². The van der Waals surface area contributed by atoms with Gasteiger partial charge in [-0.3, -0.25) is 0 Å². The minimum Gasteiger partial charge on any atom is -0.475 e. The fraction of sp³-hybridized carbons (Fsp3) is 0.111. The Morgan fingerprint density at radius 3 is 3.00 bits per heavy atom. The quantitative estimate of drug-likeness (QED) is 0.803. The maximum absolute atomic E-state index is 10.5. The summed E-state index contributed by atoms with van der Waals surface area (Å²) in [5.41, 5.74) is 0. The SMILES string of the molecule is N#Cc1ncn(Cc2ccc(C(=O)O)o2)n1. The number of carbonyl (C=O) groups is 1. The van der Waals surface area contributed by atoms with Crippen molar-refractivity contribution < 1.29 is 14.3 Å². The van der Waals surface area contributed by atoms with Gasteiger partial charge >= 0.3 is 5.97 Å². The Labute approximate surface area is 89.6 Å². The molecular weight excluding hydrogens is 212 g/mol. The number of hydrogen-bond acceptors (Lipinski definition) is 5. The monoisotopic (exact) mass is 218 g/mol. The third-order valence-corrected chi connectivity index (χ3v) is 1.83. The highest BCUT2D eigenvalue weighted by atomic mass is 16.4. The molecule has 0 aliphatic rings. The molecule has 0 radical (unpaired) electrons. The lowest BCUT2D eigenvalue weighted by atomic mass is 10.4. The van der Waals surface area contributed by atoms with Crippen LogP contribution < -0.4 is 0 Å². The van der Waals surface area contributed by atoms with Gasteiger partial charge in [0, 0.05) is 0 Å². The summed E-state index contributed by atoms with van der Waals surface area (Å²) in [5, 5.41) is 21.0. The van der Waals surface area contributed by atoms with Crippen molar-refractivity contribution in [2.75, 3.05) is 0 Å². The second-order valence-electron chi connectivity index (χ2n) is 2.95. The van der Waals surface area contributed by atoms with Crippen molar-refractivity contribution in [1.82, 2.24) is 14.8 Å². The molecule has 7 nitrogen and oxygen atoms in total. The molecule has 0 spiro atoms. The molecule has 2 aromatic rings. The van der Waals surface area contributed by atoms with Gasteiger partial charge in [-0.1, -0.05) is 0 Å². The molecule has 0 aromatic carbocycles. The van der Waals surface area contributed by atoms with Gasteiger partial charge in [-0.25, -0.2) is 14.5 Å². The van der Waals surface area contributed by atoms with Crippen LogP contribution in [0.15, 0.2) is 22.9 Å². The Kier molecular flexibility index (Phi) is 2.39. The molecule has 2 aromatic heterocycles. The van der Waals surface area contributed by atoms with Gasteiger partial charge in [-0.2, -0.15) is 5.26 Å². The van der Waals surface area contributed by atoms with Crippen molar-refractivity contribution in [1.29, 1.82) is 5.26 Å². The molecule has 0 amide bonds. The lowest BCUT2D eigenvalue weighted by Crippen LogP contribution is -1.99. The molecule has 0 fully saturated rings. The second-order valence-corrected chi connectivity index (χ2v) is 2.95. The number of carboxylic acid groups (broad SMARTS) is 1. The zero-order valence-electron chi connectivity index (χ0n) is 7.99. The van der Waals surface area contributed by atoms with E-state index in [-0.39, 0.29) is 18.1 Å². The normalized spacial score (nSPS) is 9.94. The van der Waals surface area contributed by atoms with E-state index in [9.17, 15) is 4.79 Å². The van der Waals surface area contributed by atoms with Gasteiger partial charge in [0.2, 0.25) is 5.76 Å². The van der Waals surface area contributed by atoms with Gasteiger partial charge in [0.15, 0.2) is 0 Å². The van der Waals surface area contributed by atoms with Crippen LogP contribution in [0.25, 0.3) is 0 Å². The highest BCUT2D eigenvalue weighted by molar-refractivity contribution is 5.84. The van der Waals surface area contributed by atoms with Crippen LogP contribution in [0.3, 0.4) is 0 Å². The zero-order valence-corrected chi connectivity index (χ0v) is 7.99. The van der Waals surface area contributed by atoms with Crippen molar-refractivity contribution in [2.45, 2.75) is 6.54 Å². The number of hydrogen-bond donors (Lipinski definition) is 1. The van der Waals surface area contributed by atoms with E-state index >= 15 is 0 Å². The molecule has 0 saturated heterocycles. The minimum absolute atomic E-state index is 0.0602. The van der Waals surface area contributed by atoms with Crippen LogP contribution >= 0.6 is 0 Å². The molecule has 2 heterocycles. The second kappa shape index (κ2) is 3.86. The average molecular weight is 218 g/mol. The van der Waals surface area contributed by atoms with E-state index in [1.165, 1.54) is 23.1 Å². The number of furan rings is 1. The molecule has 16 heavy (non-hydrogen) atoms. The van der Waals surface area contributed by atoms with Crippen molar-refractivity contribution in [3.63, 3.8) is 0 Å². The summed E-state index contributed by atoms with van der Waals surface area (Å²) in [4.78, 5) is 14.3. The number of aromatic nitrogens is 3. The standard InChI is InChI=1S/C9H6N4O3/c10-3-8-11-5-13(12-8)4-6-1-2-7(16-6)9(14)15/h1-2,5H,4H2,(H,14,15). The van der Waals surface area contributed by atoms with Gasteiger partial charge in [0.05, 0.1) is 0 Å². The first-order valence-corrected chi connectivity index (χ1v) is 4.30. The summed E-state index contributed by atoms with van der Waals surface area (Å²) in [5.74, 6) is -0.755. The predicted molar refractivity (Wildman–Crippen MR) is 49.5 cm³/mol. The molecule has 0 aliphatic heterocycles. The number of rotatable bonds is 3. The zero-order chi connectivity index (χ0) is 11.5. The van der Waals surface area contributed by atoms with Crippen LogP contribution in [-0.4, -0.2) is 25.8 Å². The van der Waals surface area contributed by atoms with Crippen LogP contribution in [0.2, 0.25) is 0 Å². The smallest absolute Gasteiger partial charge is 0.371 e. The Bertz CT molecular complexity index is 563. The first-order valence-electron chi connectivity index (χ1n) is 4.30. The minimum atomic E-state index is -1.12. The van der Waals surface area contributed by atoms with E-state index in [0.717, 1.165) is 0 Å². The van der Waals surface area contributed by atoms with Crippen LogP contribution in [0.5, 0.6) is 0 Å². The maximum atomic E-state index is 10.5. The van der Waals surface area contributed by atoms with Crippen molar-refractivity contribution >= 4 is 5.97 Å². The average Bonchev–Trinajstić information content (AvgIpc) is 2.87. The molecule has 7 heteroatoms. The first-order chi connectivity index (χ1) is 7.69. The summed E-state index contributed by atoms with van der Waals surface area (Å²) in [6, 6.07) is 4.69. The van der Waals surface area contributed by atoms with E-state index in [1.54, 1.807) is 6.07 Å². The summed E-state index contributed by atoms with van der Waals surface area (Å²) in [7, 11) is 0. The largest absolute Gasteiger partial charge is 0.475 e. The Hall–Kier alpha value is -2.62. The van der Waals surface area contributed by atoms with E-state index < -0.39 is 5.97 Å². The lowest BCUT2D eigenvalue weighted by molar-refractivity contribution is 0.0660. The third-order valence-electron chi connectivity index (χ3n) is 1.83. The molecule has 2 rings (SSSR count). The molecule has 0 saturated carbocycles. The van der Waals surface area contributed by atoms with E-state index in [1.807, 2.05) is 0 Å². The van der Waals surface area contributed by atoms with Crippen LogP contribution in [0.4, 0.5) is 0 Å². The lowest BCUT2D eigenvalue weighted by Gasteiger charge is -1.95. The van der Waals surface area contributed by atoms with Crippen molar-refractivity contribution in [3.05, 3.63) is 35.8 Å². The molecule has 0 aliphatic carbocycles. The van der Waals surface area contributed by atoms with E-state index in [4.69, 9.17) is 14.8 Å². The van der Waals surface area contributed by atoms with Gasteiger partial charge in [0.1, 0.15) is 24.7 Å².